The zero-order valence-corrected chi connectivity index (χ0v) is 17.5. The van der Waals surface area contributed by atoms with Crippen molar-refractivity contribution in [1.82, 2.24) is 9.88 Å². The molecule has 0 radical (unpaired) electrons. The number of para-hydroxylation sites is 1. The van der Waals surface area contributed by atoms with Crippen LogP contribution in [0.3, 0.4) is 0 Å². The number of nitrogens with zero attached hydrogens (tertiary/aromatic N) is 2. The zero-order chi connectivity index (χ0) is 22.1. The minimum Gasteiger partial charge on any atom is -0.452 e. The lowest BCUT2D eigenvalue weighted by atomic mass is 10.0. The van der Waals surface area contributed by atoms with Crippen molar-refractivity contribution in [2.24, 2.45) is 0 Å². The van der Waals surface area contributed by atoms with E-state index in [2.05, 4.69) is 6.08 Å². The van der Waals surface area contributed by atoms with Crippen molar-refractivity contribution in [3.8, 4) is 0 Å². The number of imide groups is 1. The Hall–Kier alpha value is -3.80. The van der Waals surface area contributed by atoms with Gasteiger partial charge in [-0.1, -0.05) is 48.5 Å². The minimum atomic E-state index is -0.555. The highest BCUT2D eigenvalue weighted by molar-refractivity contribution is 6.08. The van der Waals surface area contributed by atoms with Crippen molar-refractivity contribution in [2.45, 2.75) is 25.7 Å². The molecule has 2 aromatic carbocycles. The van der Waals surface area contributed by atoms with E-state index >= 15 is 0 Å². The predicted molar refractivity (Wildman–Crippen MR) is 121 cm³/mol. The Labute approximate surface area is 185 Å². The summed E-state index contributed by atoms with van der Waals surface area (Å²) in [7, 11) is 0. The quantitative estimate of drug-likeness (QED) is 0.589. The molecule has 2 amide bonds. The summed E-state index contributed by atoms with van der Waals surface area (Å²) in [6.07, 6.45) is 4.56. The maximum Gasteiger partial charge on any atom is 0.339 e. The number of amides is 2. The van der Waals surface area contributed by atoms with Crippen LogP contribution in [0.2, 0.25) is 0 Å². The van der Waals surface area contributed by atoms with Crippen molar-refractivity contribution in [3.05, 3.63) is 77.0 Å². The first-order valence-electron chi connectivity index (χ1n) is 10.8. The van der Waals surface area contributed by atoms with Crippen LogP contribution in [-0.4, -0.2) is 40.8 Å². The molecule has 6 nitrogen and oxygen atoms in total. The Morgan fingerprint density at radius 3 is 2.56 bits per heavy atom. The van der Waals surface area contributed by atoms with E-state index in [4.69, 9.17) is 9.72 Å². The van der Waals surface area contributed by atoms with Crippen LogP contribution in [0.15, 0.2) is 54.6 Å². The minimum absolute atomic E-state index is 0.211. The number of hydrogen-bond donors (Lipinski definition) is 0. The monoisotopic (exact) mass is 426 g/mol. The van der Waals surface area contributed by atoms with Crippen molar-refractivity contribution in [1.29, 1.82) is 0 Å². The summed E-state index contributed by atoms with van der Waals surface area (Å²) in [5.41, 5.74) is 4.98. The molecule has 160 valence electrons. The van der Waals surface area contributed by atoms with E-state index < -0.39 is 18.5 Å². The van der Waals surface area contributed by atoms with Gasteiger partial charge >= 0.3 is 5.97 Å². The van der Waals surface area contributed by atoms with Gasteiger partial charge in [0.25, 0.3) is 5.91 Å². The third kappa shape index (κ3) is 3.68. The lowest BCUT2D eigenvalue weighted by Crippen LogP contribution is -2.35. The van der Waals surface area contributed by atoms with Crippen LogP contribution in [-0.2, 0) is 20.7 Å². The van der Waals surface area contributed by atoms with E-state index in [-0.39, 0.29) is 5.91 Å². The average molecular weight is 426 g/mol. The number of fused-ring (bicyclic) bond motifs is 2. The normalized spacial score (nSPS) is 16.6. The van der Waals surface area contributed by atoms with Crippen LogP contribution in [0.5, 0.6) is 0 Å². The summed E-state index contributed by atoms with van der Waals surface area (Å²) in [5, 5.41) is 0.710. The molecule has 0 spiro atoms. The van der Waals surface area contributed by atoms with Crippen molar-refractivity contribution in [3.63, 3.8) is 0 Å². The van der Waals surface area contributed by atoms with E-state index in [1.165, 1.54) is 4.90 Å². The molecule has 0 atom stereocenters. The number of benzene rings is 2. The first-order chi connectivity index (χ1) is 15.6. The molecule has 2 heterocycles. The van der Waals surface area contributed by atoms with Crippen molar-refractivity contribution < 1.29 is 19.1 Å². The molecule has 2 aliphatic rings. The highest BCUT2D eigenvalue weighted by atomic mass is 16.5. The van der Waals surface area contributed by atoms with E-state index in [0.29, 0.717) is 42.3 Å². The fourth-order valence-corrected chi connectivity index (χ4v) is 4.45. The molecule has 3 aromatic rings. The van der Waals surface area contributed by atoms with Crippen LogP contribution in [0.25, 0.3) is 22.6 Å². The number of esters is 1. The van der Waals surface area contributed by atoms with Crippen molar-refractivity contribution in [2.75, 3.05) is 13.2 Å². The third-order valence-corrected chi connectivity index (χ3v) is 5.99. The van der Waals surface area contributed by atoms with Gasteiger partial charge in [0.05, 0.1) is 16.8 Å². The molecule has 32 heavy (non-hydrogen) atoms. The topological polar surface area (TPSA) is 76.6 Å². The highest BCUT2D eigenvalue weighted by Crippen LogP contribution is 2.37. The number of likely N-dealkylation sites (tertiary alicyclic amines) is 1. The third-order valence-electron chi connectivity index (χ3n) is 5.99. The van der Waals surface area contributed by atoms with Gasteiger partial charge in [-0.15, -0.1) is 0 Å². The van der Waals surface area contributed by atoms with Gasteiger partial charge in [-0.25, -0.2) is 9.78 Å². The Kier molecular flexibility index (Phi) is 5.27. The lowest BCUT2D eigenvalue weighted by molar-refractivity contribution is -0.143. The first-order valence-corrected chi connectivity index (χ1v) is 10.8. The Bertz CT molecular complexity index is 1260. The molecule has 1 fully saturated rings. The summed E-state index contributed by atoms with van der Waals surface area (Å²) in [4.78, 5) is 43.3. The standard InChI is InChI=1S/C26H22N2O4/c29-22-11-6-14-28(22)23(30)16-32-26(31)24-19-9-4-5-10-21(19)27-25-18(12-13-20(24)25)15-17-7-2-1-3-8-17/h1-5,7-10,15H,6,11-14,16H2. The molecule has 0 bridgehead atoms. The summed E-state index contributed by atoms with van der Waals surface area (Å²) in [6.45, 7) is -0.0564. The molecule has 0 unspecified atom stereocenters. The lowest BCUT2D eigenvalue weighted by Gasteiger charge is -2.15. The fourth-order valence-electron chi connectivity index (χ4n) is 4.45. The summed E-state index contributed by atoms with van der Waals surface area (Å²) >= 11 is 0. The zero-order valence-electron chi connectivity index (χ0n) is 17.5. The molecule has 6 heteroatoms. The van der Waals surface area contributed by atoms with Gasteiger partial charge in [-0.3, -0.25) is 14.5 Å². The van der Waals surface area contributed by atoms with Crippen LogP contribution < -0.4 is 0 Å². The van der Waals surface area contributed by atoms with Gasteiger partial charge in [0.2, 0.25) is 5.91 Å². The van der Waals surface area contributed by atoms with Crippen LogP contribution >= 0.6 is 0 Å². The summed E-state index contributed by atoms with van der Waals surface area (Å²) in [6, 6.07) is 17.5. The number of carbonyl (C=O) groups excluding carboxylic acids is 3. The molecule has 5 rings (SSSR count). The summed E-state index contributed by atoms with van der Waals surface area (Å²) < 4.78 is 5.41. The van der Waals surface area contributed by atoms with Crippen LogP contribution in [0, 0.1) is 0 Å². The maximum atomic E-state index is 13.2. The Balaban J connectivity index is 1.49. The Morgan fingerprint density at radius 2 is 1.78 bits per heavy atom. The van der Waals surface area contributed by atoms with Gasteiger partial charge < -0.3 is 4.74 Å². The molecule has 1 aromatic heterocycles. The van der Waals surface area contributed by atoms with Gasteiger partial charge in [-0.2, -0.15) is 0 Å². The number of hydrogen-bond acceptors (Lipinski definition) is 5. The van der Waals surface area contributed by atoms with E-state index in [1.54, 1.807) is 0 Å². The highest BCUT2D eigenvalue weighted by Gasteiger charge is 2.30. The van der Waals surface area contributed by atoms with Gasteiger partial charge in [0.1, 0.15) is 0 Å². The second-order valence-corrected chi connectivity index (χ2v) is 8.03. The van der Waals surface area contributed by atoms with Crippen LogP contribution in [0.4, 0.5) is 0 Å². The maximum absolute atomic E-state index is 13.2. The van der Waals surface area contributed by atoms with E-state index in [9.17, 15) is 14.4 Å². The molecule has 1 saturated heterocycles. The Morgan fingerprint density at radius 1 is 1.00 bits per heavy atom. The molecular formula is C26H22N2O4. The average Bonchev–Trinajstić information content (AvgIpc) is 3.42. The van der Waals surface area contributed by atoms with Gasteiger partial charge in [0, 0.05) is 18.4 Å². The molecular weight excluding hydrogens is 404 g/mol. The second-order valence-electron chi connectivity index (χ2n) is 8.03. The van der Waals surface area contributed by atoms with E-state index in [0.717, 1.165) is 28.8 Å². The second kappa shape index (κ2) is 8.38. The smallest absolute Gasteiger partial charge is 0.339 e. The summed E-state index contributed by atoms with van der Waals surface area (Å²) in [5.74, 6) is -1.24. The fraction of sp³-hybridized carbons (Fsp3) is 0.231. The number of aromatic nitrogens is 1. The number of carbonyl (C=O) groups is 3. The molecule has 1 aliphatic carbocycles. The number of pyridine rings is 1. The first kappa shape index (κ1) is 20.1. The van der Waals surface area contributed by atoms with Gasteiger partial charge in [0.15, 0.2) is 6.61 Å². The SMILES string of the molecule is O=C(OCC(=O)N1CCCC1=O)c1c2c(nc3ccccc13)C(=Cc1ccccc1)CC2. The number of rotatable bonds is 4. The molecule has 1 aliphatic heterocycles. The van der Waals surface area contributed by atoms with Gasteiger partial charge in [-0.05, 0) is 48.1 Å². The largest absolute Gasteiger partial charge is 0.452 e. The molecule has 0 N–H and O–H groups in total. The van der Waals surface area contributed by atoms with Crippen LogP contribution in [0.1, 0.15) is 46.4 Å². The molecule has 0 saturated carbocycles. The predicted octanol–water partition coefficient (Wildman–Crippen LogP) is 4.03. The van der Waals surface area contributed by atoms with Crippen molar-refractivity contribution >= 4 is 40.3 Å². The number of allylic oxidation sites excluding steroid dienone is 1. The number of ether oxygens (including phenoxy) is 1. The van der Waals surface area contributed by atoms with E-state index in [1.807, 2.05) is 54.6 Å².